The molecular weight excluding hydrogens is 392 g/mol. The summed E-state index contributed by atoms with van der Waals surface area (Å²) in [6.07, 6.45) is 1.54. The normalized spacial score (nSPS) is 10.9. The van der Waals surface area contributed by atoms with Crippen LogP contribution >= 0.6 is 0 Å². The molecule has 1 N–H and O–H groups in total. The maximum absolute atomic E-state index is 12.7. The number of ether oxygens (including phenoxy) is 2. The lowest BCUT2D eigenvalue weighted by Crippen LogP contribution is -2.14. The van der Waals surface area contributed by atoms with Gasteiger partial charge in [0.1, 0.15) is 17.4 Å². The molecule has 0 bridgehead atoms. The Balaban J connectivity index is 1.90. The molecule has 3 aromatic carbocycles. The van der Waals surface area contributed by atoms with Gasteiger partial charge in [0.15, 0.2) is 0 Å². The number of amides is 1. The minimum absolute atomic E-state index is 0.0632. The fourth-order valence-corrected chi connectivity index (χ4v) is 3.10. The van der Waals surface area contributed by atoms with Crippen LogP contribution in [0.25, 0.3) is 16.8 Å². The van der Waals surface area contributed by atoms with Crippen LogP contribution in [0.3, 0.4) is 0 Å². The zero-order chi connectivity index (χ0) is 22.2. The van der Waals surface area contributed by atoms with Gasteiger partial charge in [0.25, 0.3) is 5.91 Å². The summed E-state index contributed by atoms with van der Waals surface area (Å²) >= 11 is 0. The number of benzene rings is 3. The summed E-state index contributed by atoms with van der Waals surface area (Å²) in [7, 11) is 0. The fraction of sp³-hybridized carbons (Fsp3) is 0.160. The lowest BCUT2D eigenvalue weighted by atomic mass is 10.0. The zero-order valence-corrected chi connectivity index (χ0v) is 17.3. The van der Waals surface area contributed by atoms with E-state index in [9.17, 15) is 14.9 Å². The monoisotopic (exact) mass is 414 g/mol. The Kier molecular flexibility index (Phi) is 7.02. The van der Waals surface area contributed by atoms with Crippen LogP contribution in [0.5, 0.6) is 5.75 Å². The highest BCUT2D eigenvalue weighted by Gasteiger charge is 2.14. The van der Waals surface area contributed by atoms with Crippen LogP contribution in [0.1, 0.15) is 29.8 Å². The van der Waals surface area contributed by atoms with Gasteiger partial charge >= 0.3 is 5.97 Å². The Morgan fingerprint density at radius 1 is 1.00 bits per heavy atom. The average Bonchev–Trinajstić information content (AvgIpc) is 2.79. The van der Waals surface area contributed by atoms with Gasteiger partial charge in [0.05, 0.1) is 18.8 Å². The molecule has 3 rings (SSSR count). The van der Waals surface area contributed by atoms with E-state index < -0.39 is 11.9 Å². The predicted octanol–water partition coefficient (Wildman–Crippen LogP) is 4.96. The molecule has 0 radical (unpaired) electrons. The molecule has 0 aliphatic heterocycles. The van der Waals surface area contributed by atoms with E-state index in [0.717, 1.165) is 10.8 Å². The van der Waals surface area contributed by atoms with Crippen molar-refractivity contribution in [3.8, 4) is 11.8 Å². The molecular formula is C25H22N2O4. The number of esters is 1. The Morgan fingerprint density at radius 2 is 1.74 bits per heavy atom. The summed E-state index contributed by atoms with van der Waals surface area (Å²) in [5.41, 5.74) is 1.45. The molecule has 0 atom stereocenters. The lowest BCUT2D eigenvalue weighted by molar-refractivity contribution is -0.112. The van der Waals surface area contributed by atoms with E-state index in [1.807, 2.05) is 49.4 Å². The fourth-order valence-electron chi connectivity index (χ4n) is 3.10. The number of rotatable bonds is 7. The van der Waals surface area contributed by atoms with Crippen molar-refractivity contribution in [3.05, 3.63) is 77.4 Å². The third-order valence-corrected chi connectivity index (χ3v) is 4.54. The van der Waals surface area contributed by atoms with E-state index in [1.165, 1.54) is 6.08 Å². The first kappa shape index (κ1) is 21.6. The molecule has 1 amide bonds. The van der Waals surface area contributed by atoms with Crippen molar-refractivity contribution in [2.45, 2.75) is 13.8 Å². The van der Waals surface area contributed by atoms with E-state index >= 15 is 0 Å². The van der Waals surface area contributed by atoms with Gasteiger partial charge in [-0.15, -0.1) is 0 Å². The number of carbonyl (C=O) groups is 2. The summed E-state index contributed by atoms with van der Waals surface area (Å²) in [4.78, 5) is 24.5. The van der Waals surface area contributed by atoms with E-state index in [4.69, 9.17) is 9.47 Å². The first-order valence-electron chi connectivity index (χ1n) is 9.92. The van der Waals surface area contributed by atoms with Gasteiger partial charge in [0, 0.05) is 11.3 Å². The van der Waals surface area contributed by atoms with Gasteiger partial charge in [-0.3, -0.25) is 4.79 Å². The smallest absolute Gasteiger partial charge is 0.338 e. The summed E-state index contributed by atoms with van der Waals surface area (Å²) in [5, 5.41) is 14.2. The molecule has 156 valence electrons. The van der Waals surface area contributed by atoms with Crippen molar-refractivity contribution < 1.29 is 19.1 Å². The van der Waals surface area contributed by atoms with Crippen molar-refractivity contribution >= 4 is 34.4 Å². The molecule has 0 spiro atoms. The molecule has 0 saturated carbocycles. The molecule has 3 aromatic rings. The van der Waals surface area contributed by atoms with Gasteiger partial charge in [0.2, 0.25) is 0 Å². The number of hydrogen-bond donors (Lipinski definition) is 1. The summed E-state index contributed by atoms with van der Waals surface area (Å²) < 4.78 is 10.7. The van der Waals surface area contributed by atoms with E-state index in [-0.39, 0.29) is 12.2 Å². The van der Waals surface area contributed by atoms with Gasteiger partial charge in [-0.1, -0.05) is 30.3 Å². The minimum Gasteiger partial charge on any atom is -0.493 e. The van der Waals surface area contributed by atoms with Crippen LogP contribution in [0.4, 0.5) is 5.69 Å². The second-order valence-corrected chi connectivity index (χ2v) is 6.55. The first-order valence-corrected chi connectivity index (χ1v) is 9.92. The topological polar surface area (TPSA) is 88.4 Å². The largest absolute Gasteiger partial charge is 0.493 e. The Hall–Kier alpha value is -4.11. The van der Waals surface area contributed by atoms with Crippen molar-refractivity contribution in [2.75, 3.05) is 18.5 Å². The number of nitriles is 1. The molecule has 6 heteroatoms. The number of hydrogen-bond acceptors (Lipinski definition) is 5. The molecule has 0 unspecified atom stereocenters. The van der Waals surface area contributed by atoms with E-state index in [0.29, 0.717) is 29.2 Å². The number of nitrogens with zero attached hydrogens (tertiary/aromatic N) is 1. The Morgan fingerprint density at radius 3 is 2.42 bits per heavy atom. The summed E-state index contributed by atoms with van der Waals surface area (Å²) in [5.74, 6) is -0.389. The third kappa shape index (κ3) is 5.09. The second-order valence-electron chi connectivity index (χ2n) is 6.55. The molecule has 6 nitrogen and oxygen atoms in total. The van der Waals surface area contributed by atoms with Crippen molar-refractivity contribution in [2.24, 2.45) is 0 Å². The highest BCUT2D eigenvalue weighted by atomic mass is 16.5. The lowest BCUT2D eigenvalue weighted by Gasteiger charge is -2.11. The van der Waals surface area contributed by atoms with Crippen LogP contribution in [0, 0.1) is 11.3 Å². The quantitative estimate of drug-likeness (QED) is 0.335. The van der Waals surface area contributed by atoms with Crippen molar-refractivity contribution in [3.63, 3.8) is 0 Å². The van der Waals surface area contributed by atoms with E-state index in [1.54, 1.807) is 31.2 Å². The molecule has 0 heterocycles. The number of nitrogens with one attached hydrogen (secondary N) is 1. The predicted molar refractivity (Wildman–Crippen MR) is 120 cm³/mol. The first-order chi connectivity index (χ1) is 15.1. The molecule has 0 aromatic heterocycles. The van der Waals surface area contributed by atoms with Crippen molar-refractivity contribution in [1.82, 2.24) is 0 Å². The molecule has 31 heavy (non-hydrogen) atoms. The van der Waals surface area contributed by atoms with Gasteiger partial charge < -0.3 is 14.8 Å². The Bertz CT molecular complexity index is 1170. The zero-order valence-electron chi connectivity index (χ0n) is 17.3. The van der Waals surface area contributed by atoms with Crippen LogP contribution in [-0.2, 0) is 9.53 Å². The third-order valence-electron chi connectivity index (χ3n) is 4.54. The summed E-state index contributed by atoms with van der Waals surface area (Å²) in [6.45, 7) is 4.35. The van der Waals surface area contributed by atoms with Gasteiger partial charge in [-0.25, -0.2) is 4.79 Å². The maximum Gasteiger partial charge on any atom is 0.338 e. The van der Waals surface area contributed by atoms with Crippen LogP contribution < -0.4 is 10.1 Å². The number of carbonyl (C=O) groups excluding carboxylic acids is 2. The molecule has 0 aliphatic rings. The van der Waals surface area contributed by atoms with Crippen LogP contribution in [0.2, 0.25) is 0 Å². The highest BCUT2D eigenvalue weighted by Crippen LogP contribution is 2.30. The molecule has 0 fully saturated rings. The van der Waals surface area contributed by atoms with Gasteiger partial charge in [-0.05, 0) is 61.0 Å². The van der Waals surface area contributed by atoms with Crippen LogP contribution in [0.15, 0.2) is 66.2 Å². The highest BCUT2D eigenvalue weighted by molar-refractivity contribution is 6.11. The minimum atomic E-state index is -0.554. The van der Waals surface area contributed by atoms with Crippen LogP contribution in [-0.4, -0.2) is 25.1 Å². The Labute approximate surface area is 180 Å². The average molecular weight is 414 g/mol. The molecule has 0 aliphatic carbocycles. The maximum atomic E-state index is 12.7. The molecule has 0 saturated heterocycles. The summed E-state index contributed by atoms with van der Waals surface area (Å²) in [6, 6.07) is 19.7. The second kappa shape index (κ2) is 10.1. The van der Waals surface area contributed by atoms with E-state index in [2.05, 4.69) is 5.32 Å². The van der Waals surface area contributed by atoms with Crippen molar-refractivity contribution in [1.29, 1.82) is 5.26 Å². The standard InChI is InChI=1S/C25H22N2O4/c1-3-30-23-14-11-17-7-5-6-8-21(17)22(23)15-19(16-26)24(28)27-20-12-9-18(10-13-20)25(29)31-4-2/h5-15H,3-4H2,1-2H3,(H,27,28)/b19-15+. The SMILES string of the molecule is CCOC(=O)c1ccc(NC(=O)/C(C#N)=C/c2c(OCC)ccc3ccccc23)cc1. The number of fused-ring (bicyclic) bond motifs is 1. The van der Waals surface area contributed by atoms with Gasteiger partial charge in [-0.2, -0.15) is 5.26 Å². The number of anilines is 1.